The highest BCUT2D eigenvalue weighted by Crippen LogP contribution is 2.06. The molecule has 8 heteroatoms. The van der Waals surface area contributed by atoms with E-state index >= 15 is 0 Å². The molecule has 0 radical (unpaired) electrons. The molecule has 0 saturated carbocycles. The van der Waals surface area contributed by atoms with E-state index in [0.29, 0.717) is 6.21 Å². The second-order valence-electron chi connectivity index (χ2n) is 6.33. The third kappa shape index (κ3) is 7.40. The number of benzene rings is 2. The minimum absolute atomic E-state index is 0.0637. The Kier molecular flexibility index (Phi) is 8.28. The van der Waals surface area contributed by atoms with Crippen molar-refractivity contribution in [1.29, 1.82) is 0 Å². The van der Waals surface area contributed by atoms with E-state index in [1.54, 1.807) is 0 Å². The van der Waals surface area contributed by atoms with E-state index in [0.717, 1.165) is 11.1 Å². The van der Waals surface area contributed by atoms with Crippen LogP contribution in [0.25, 0.3) is 5.53 Å². The molecule has 0 spiro atoms. The van der Waals surface area contributed by atoms with E-state index in [4.69, 9.17) is 10.3 Å². The molecule has 2 N–H and O–H groups in total. The Balaban J connectivity index is 2.03. The lowest BCUT2D eigenvalue weighted by molar-refractivity contribution is -0.127. The molecule has 0 aliphatic heterocycles. The van der Waals surface area contributed by atoms with Crippen LogP contribution >= 0.6 is 0 Å². The lowest BCUT2D eigenvalue weighted by Crippen LogP contribution is -2.52. The van der Waals surface area contributed by atoms with E-state index in [9.17, 15) is 14.4 Å². The van der Waals surface area contributed by atoms with Gasteiger partial charge in [-0.3, -0.25) is 9.59 Å². The van der Waals surface area contributed by atoms with Crippen LogP contribution in [0, 0.1) is 0 Å². The van der Waals surface area contributed by atoms with Crippen LogP contribution < -0.4 is 10.6 Å². The molecule has 29 heavy (non-hydrogen) atoms. The van der Waals surface area contributed by atoms with Gasteiger partial charge in [0.2, 0.25) is 5.91 Å². The van der Waals surface area contributed by atoms with Gasteiger partial charge in [-0.05, 0) is 18.1 Å². The highest BCUT2D eigenvalue weighted by molar-refractivity contribution is 6.28. The Morgan fingerprint density at radius 1 is 1.00 bits per heavy atom. The fourth-order valence-electron chi connectivity index (χ4n) is 2.52. The maximum atomic E-state index is 12.6. The maximum absolute atomic E-state index is 12.6. The number of hydrogen-bond donors (Lipinski definition) is 2. The van der Waals surface area contributed by atoms with Gasteiger partial charge in [0.15, 0.2) is 0 Å². The highest BCUT2D eigenvalue weighted by Gasteiger charge is 2.25. The molecule has 2 aromatic carbocycles. The van der Waals surface area contributed by atoms with Gasteiger partial charge in [-0.1, -0.05) is 60.7 Å². The average molecular weight is 394 g/mol. The number of Topliss-reactive ketones (excluding diaryl/α,β-unsaturated/α-hetero) is 1. The second kappa shape index (κ2) is 11.2. The monoisotopic (exact) mass is 394 g/mol. The molecule has 0 aliphatic carbocycles. The van der Waals surface area contributed by atoms with Crippen LogP contribution in [0.5, 0.6) is 0 Å². The fraction of sp³-hybridized carbons (Fsp3) is 0.238. The van der Waals surface area contributed by atoms with Gasteiger partial charge in [0.25, 0.3) is 5.78 Å². The van der Waals surface area contributed by atoms with E-state index in [2.05, 4.69) is 15.4 Å². The summed E-state index contributed by atoms with van der Waals surface area (Å²) in [6, 6.07) is 16.4. The van der Waals surface area contributed by atoms with E-state index in [1.807, 2.05) is 60.7 Å². The molecule has 2 amide bonds. The summed E-state index contributed by atoms with van der Waals surface area (Å²) in [5.41, 5.74) is 10.1. The number of ketones is 1. The summed E-state index contributed by atoms with van der Waals surface area (Å²) in [5, 5.41) is 5.05. The van der Waals surface area contributed by atoms with Crippen molar-refractivity contribution in [1.82, 2.24) is 10.6 Å². The Bertz CT molecular complexity index is 880. The minimum atomic E-state index is -0.956. The van der Waals surface area contributed by atoms with Gasteiger partial charge < -0.3 is 20.9 Å². The Hall–Kier alpha value is -3.77. The Morgan fingerprint density at radius 3 is 2.17 bits per heavy atom. The maximum Gasteiger partial charge on any atom is 0.408 e. The summed E-state index contributed by atoms with van der Waals surface area (Å²) in [5.74, 6) is -1.14. The predicted molar refractivity (Wildman–Crippen MR) is 106 cm³/mol. The fourth-order valence-corrected chi connectivity index (χ4v) is 2.52. The predicted octanol–water partition coefficient (Wildman–Crippen LogP) is 1.90. The highest BCUT2D eigenvalue weighted by atomic mass is 16.5. The lowest BCUT2D eigenvalue weighted by Gasteiger charge is -2.20. The van der Waals surface area contributed by atoms with Crippen molar-refractivity contribution in [3.05, 3.63) is 77.3 Å². The number of amides is 2. The molecule has 0 heterocycles. The first kappa shape index (κ1) is 21.5. The Morgan fingerprint density at radius 2 is 1.59 bits per heavy atom. The molecule has 1 unspecified atom stereocenters. The van der Waals surface area contributed by atoms with Gasteiger partial charge in [-0.2, -0.15) is 4.79 Å². The number of rotatable bonds is 9. The first-order chi connectivity index (χ1) is 14.0. The number of carbonyl (C=O) groups is 3. The van der Waals surface area contributed by atoms with Gasteiger partial charge in [-0.25, -0.2) is 4.79 Å². The molecule has 150 valence electrons. The minimum Gasteiger partial charge on any atom is -0.445 e. The zero-order valence-corrected chi connectivity index (χ0v) is 15.9. The van der Waals surface area contributed by atoms with Crippen molar-refractivity contribution >= 4 is 24.0 Å². The largest absolute Gasteiger partial charge is 0.445 e. The van der Waals surface area contributed by atoms with Crippen LogP contribution in [0.4, 0.5) is 4.79 Å². The number of alkyl carbamates (subject to hydrolysis) is 1. The molecule has 0 fully saturated rings. The zero-order chi connectivity index (χ0) is 21.1. The van der Waals surface area contributed by atoms with Crippen LogP contribution in [0.3, 0.4) is 0 Å². The first-order valence-corrected chi connectivity index (χ1v) is 9.02. The van der Waals surface area contributed by atoms with Crippen LogP contribution in [0.1, 0.15) is 18.1 Å². The second-order valence-corrected chi connectivity index (χ2v) is 6.33. The van der Waals surface area contributed by atoms with Crippen LogP contribution in [-0.4, -0.2) is 40.9 Å². The van der Waals surface area contributed by atoms with Crippen LogP contribution in [0.15, 0.2) is 60.7 Å². The van der Waals surface area contributed by atoms with E-state index < -0.39 is 29.9 Å². The average Bonchev–Trinajstić information content (AvgIpc) is 2.73. The molecule has 8 nitrogen and oxygen atoms in total. The molecule has 0 aliphatic rings. The van der Waals surface area contributed by atoms with Gasteiger partial charge in [0, 0.05) is 6.42 Å². The Labute approximate surface area is 168 Å². The molecular formula is C21H22N4O4. The summed E-state index contributed by atoms with van der Waals surface area (Å²) in [4.78, 5) is 39.2. The third-order valence-electron chi connectivity index (χ3n) is 4.07. The molecule has 2 rings (SSSR count). The van der Waals surface area contributed by atoms with Gasteiger partial charge in [-0.15, -0.1) is 0 Å². The summed E-state index contributed by atoms with van der Waals surface area (Å²) < 4.78 is 5.19. The number of nitrogens with zero attached hydrogens (tertiary/aromatic N) is 2. The normalized spacial score (nSPS) is 12.0. The molecule has 0 bridgehead atoms. The molecule has 0 saturated heterocycles. The number of nitrogens with one attached hydrogen (secondary N) is 2. The summed E-state index contributed by atoms with van der Waals surface area (Å²) >= 11 is 0. The topological polar surface area (TPSA) is 121 Å². The van der Waals surface area contributed by atoms with Crippen molar-refractivity contribution in [2.24, 2.45) is 0 Å². The van der Waals surface area contributed by atoms with E-state index in [-0.39, 0.29) is 13.0 Å². The number of ether oxygens (including phenoxy) is 1. The summed E-state index contributed by atoms with van der Waals surface area (Å²) in [6.45, 7) is 1.52. The number of carbonyl (C=O) groups excluding carboxylic acids is 3. The van der Waals surface area contributed by atoms with Gasteiger partial charge >= 0.3 is 12.3 Å². The smallest absolute Gasteiger partial charge is 0.408 e. The van der Waals surface area contributed by atoms with Crippen molar-refractivity contribution in [3.63, 3.8) is 0 Å². The van der Waals surface area contributed by atoms with Crippen molar-refractivity contribution in [2.45, 2.75) is 32.0 Å². The number of hydrogen-bond acceptors (Lipinski definition) is 4. The van der Waals surface area contributed by atoms with Crippen LogP contribution in [-0.2, 0) is 27.4 Å². The van der Waals surface area contributed by atoms with Crippen LogP contribution in [0.2, 0.25) is 0 Å². The SMILES string of the molecule is CC(NC(=O)[C@@H](Cc1ccccc1)NC(=O)OCc1ccccc1)C(=O)C=[N+]=[N-]. The van der Waals surface area contributed by atoms with Crippen molar-refractivity contribution in [3.8, 4) is 0 Å². The first-order valence-electron chi connectivity index (χ1n) is 9.02. The molecule has 0 aromatic heterocycles. The molecular weight excluding hydrogens is 372 g/mol. The lowest BCUT2D eigenvalue weighted by atomic mass is 10.0. The molecule has 2 aromatic rings. The summed E-state index contributed by atoms with van der Waals surface area (Å²) in [7, 11) is 0. The quantitative estimate of drug-likeness (QED) is 0.383. The van der Waals surface area contributed by atoms with Crippen molar-refractivity contribution < 1.29 is 23.9 Å². The van der Waals surface area contributed by atoms with Gasteiger partial charge in [0.1, 0.15) is 12.6 Å². The van der Waals surface area contributed by atoms with Crippen molar-refractivity contribution in [2.75, 3.05) is 0 Å². The molecule has 2 atom stereocenters. The summed E-state index contributed by atoms with van der Waals surface area (Å²) in [6.07, 6.45) is 0.168. The zero-order valence-electron chi connectivity index (χ0n) is 15.9. The third-order valence-corrected chi connectivity index (χ3v) is 4.07. The van der Waals surface area contributed by atoms with E-state index in [1.165, 1.54) is 6.92 Å². The standard InChI is InChI=1S/C21H22N4O4/c1-15(19(26)13-23-22)24-20(27)18(12-16-8-4-2-5-9-16)25-21(28)29-14-17-10-6-3-7-11-17/h2-11,13,15,18H,12,14H2,1H3,(H,24,27)(H,25,28)/t15?,18-/m1/s1. The van der Waals surface area contributed by atoms with Gasteiger partial charge in [0.05, 0.1) is 6.04 Å².